The molecule has 26 heavy (non-hydrogen) atoms. The molecular formula is C22H39NO3. The molecule has 0 heterocycles. The summed E-state index contributed by atoms with van der Waals surface area (Å²) in [5.74, 6) is 0.604. The molecule has 0 spiro atoms. The van der Waals surface area contributed by atoms with E-state index in [4.69, 9.17) is 4.74 Å². The van der Waals surface area contributed by atoms with Crippen molar-refractivity contribution in [3.05, 3.63) is 0 Å². The van der Waals surface area contributed by atoms with Crippen molar-refractivity contribution in [2.24, 2.45) is 5.92 Å². The highest BCUT2D eigenvalue weighted by atomic mass is 16.5. The van der Waals surface area contributed by atoms with Gasteiger partial charge in [-0.1, -0.05) is 52.4 Å². The SMILES string of the molecule is CC(C)CCCOC(=O)CCC(=O)N(C1CCCCC1)C1CCCCC1. The third kappa shape index (κ3) is 7.28. The molecule has 4 heteroatoms. The van der Waals surface area contributed by atoms with Crippen molar-refractivity contribution in [2.45, 2.75) is 116 Å². The molecule has 0 aromatic rings. The first-order valence-corrected chi connectivity index (χ1v) is 11.0. The number of rotatable bonds is 9. The summed E-state index contributed by atoms with van der Waals surface area (Å²) in [6.07, 6.45) is 14.6. The smallest absolute Gasteiger partial charge is 0.306 e. The Morgan fingerprint density at radius 3 is 1.92 bits per heavy atom. The van der Waals surface area contributed by atoms with Gasteiger partial charge in [0.05, 0.1) is 13.0 Å². The van der Waals surface area contributed by atoms with Gasteiger partial charge in [0, 0.05) is 18.5 Å². The van der Waals surface area contributed by atoms with E-state index >= 15 is 0 Å². The maximum Gasteiger partial charge on any atom is 0.306 e. The van der Waals surface area contributed by atoms with Crippen LogP contribution in [0.4, 0.5) is 0 Å². The van der Waals surface area contributed by atoms with Crippen LogP contribution in [0.5, 0.6) is 0 Å². The summed E-state index contributed by atoms with van der Waals surface area (Å²) in [4.78, 5) is 27.2. The van der Waals surface area contributed by atoms with Crippen molar-refractivity contribution in [3.8, 4) is 0 Å². The Kier molecular flexibility index (Phi) is 9.49. The Balaban J connectivity index is 1.80. The van der Waals surface area contributed by atoms with Crippen LogP contribution in [0.25, 0.3) is 0 Å². The molecule has 0 aromatic carbocycles. The third-order valence-electron chi connectivity index (χ3n) is 5.96. The summed E-state index contributed by atoms with van der Waals surface area (Å²) in [5, 5.41) is 0. The van der Waals surface area contributed by atoms with Crippen LogP contribution in [0.15, 0.2) is 0 Å². The molecule has 150 valence electrons. The van der Waals surface area contributed by atoms with Crippen molar-refractivity contribution in [2.75, 3.05) is 6.61 Å². The second-order valence-corrected chi connectivity index (χ2v) is 8.64. The van der Waals surface area contributed by atoms with Crippen LogP contribution in [0.3, 0.4) is 0 Å². The molecule has 4 nitrogen and oxygen atoms in total. The van der Waals surface area contributed by atoms with Crippen LogP contribution in [0.2, 0.25) is 0 Å². The van der Waals surface area contributed by atoms with E-state index in [-0.39, 0.29) is 18.3 Å². The predicted octanol–water partition coefficient (Wildman–Crippen LogP) is 5.24. The molecule has 0 aliphatic heterocycles. The van der Waals surface area contributed by atoms with Crippen LogP contribution < -0.4 is 0 Å². The Hall–Kier alpha value is -1.06. The topological polar surface area (TPSA) is 46.6 Å². The second kappa shape index (κ2) is 11.6. The molecule has 0 N–H and O–H groups in total. The lowest BCUT2D eigenvalue weighted by Crippen LogP contribution is -2.48. The fourth-order valence-corrected chi connectivity index (χ4v) is 4.51. The number of amides is 1. The van der Waals surface area contributed by atoms with Gasteiger partial charge in [-0.2, -0.15) is 0 Å². The van der Waals surface area contributed by atoms with Crippen LogP contribution in [-0.4, -0.2) is 35.5 Å². The van der Waals surface area contributed by atoms with Crippen LogP contribution in [0.1, 0.15) is 104 Å². The lowest BCUT2D eigenvalue weighted by atomic mass is 9.88. The lowest BCUT2D eigenvalue weighted by molar-refractivity contribution is -0.148. The third-order valence-corrected chi connectivity index (χ3v) is 5.96. The summed E-state index contributed by atoms with van der Waals surface area (Å²) in [5.41, 5.74) is 0. The van der Waals surface area contributed by atoms with Crippen molar-refractivity contribution in [1.82, 2.24) is 4.90 Å². The zero-order valence-corrected chi connectivity index (χ0v) is 17.0. The van der Waals surface area contributed by atoms with Gasteiger partial charge in [0.15, 0.2) is 0 Å². The second-order valence-electron chi connectivity index (χ2n) is 8.64. The molecule has 0 bridgehead atoms. The monoisotopic (exact) mass is 365 g/mol. The number of ether oxygens (including phenoxy) is 1. The number of carbonyl (C=O) groups is 2. The maximum absolute atomic E-state index is 13.0. The van der Waals surface area contributed by atoms with Gasteiger partial charge >= 0.3 is 5.97 Å². The number of carbonyl (C=O) groups excluding carboxylic acids is 2. The first kappa shape index (κ1) is 21.2. The first-order chi connectivity index (χ1) is 12.6. The van der Waals surface area contributed by atoms with Crippen LogP contribution in [0, 0.1) is 5.92 Å². The minimum absolute atomic E-state index is 0.183. The molecule has 2 saturated carbocycles. The highest BCUT2D eigenvalue weighted by Gasteiger charge is 2.32. The van der Waals surface area contributed by atoms with Gasteiger partial charge in [-0.25, -0.2) is 0 Å². The molecule has 1 amide bonds. The summed E-state index contributed by atoms with van der Waals surface area (Å²) < 4.78 is 5.30. The summed E-state index contributed by atoms with van der Waals surface area (Å²) >= 11 is 0. The Bertz CT molecular complexity index is 405. The van der Waals surface area contributed by atoms with Gasteiger partial charge < -0.3 is 9.64 Å². The van der Waals surface area contributed by atoms with E-state index in [1.165, 1.54) is 38.5 Å². The summed E-state index contributed by atoms with van der Waals surface area (Å²) in [6.45, 7) is 4.83. The van der Waals surface area contributed by atoms with Crippen LogP contribution in [-0.2, 0) is 14.3 Å². The zero-order chi connectivity index (χ0) is 18.8. The van der Waals surface area contributed by atoms with Crippen molar-refractivity contribution < 1.29 is 14.3 Å². The maximum atomic E-state index is 13.0. The molecule has 0 saturated heterocycles. The largest absolute Gasteiger partial charge is 0.466 e. The quantitative estimate of drug-likeness (QED) is 0.415. The van der Waals surface area contributed by atoms with E-state index in [0.717, 1.165) is 38.5 Å². The van der Waals surface area contributed by atoms with E-state index in [1.807, 2.05) is 0 Å². The van der Waals surface area contributed by atoms with Crippen molar-refractivity contribution in [3.63, 3.8) is 0 Å². The molecule has 0 radical (unpaired) electrons. The van der Waals surface area contributed by atoms with Gasteiger partial charge in [-0.3, -0.25) is 9.59 Å². The summed E-state index contributed by atoms with van der Waals surface area (Å²) in [7, 11) is 0. The molecule has 0 aromatic heterocycles. The molecular weight excluding hydrogens is 326 g/mol. The zero-order valence-electron chi connectivity index (χ0n) is 17.0. The molecule has 2 aliphatic carbocycles. The Morgan fingerprint density at radius 1 is 0.885 bits per heavy atom. The van der Waals surface area contributed by atoms with Crippen molar-refractivity contribution >= 4 is 11.9 Å². The minimum atomic E-state index is -0.214. The number of nitrogens with zero attached hydrogens (tertiary/aromatic N) is 1. The molecule has 0 unspecified atom stereocenters. The molecule has 2 fully saturated rings. The van der Waals surface area contributed by atoms with Gasteiger partial charge in [-0.15, -0.1) is 0 Å². The summed E-state index contributed by atoms with van der Waals surface area (Å²) in [6, 6.07) is 0.808. The predicted molar refractivity (Wildman–Crippen MR) is 105 cm³/mol. The fourth-order valence-electron chi connectivity index (χ4n) is 4.51. The highest BCUT2D eigenvalue weighted by molar-refractivity contribution is 5.81. The van der Waals surface area contributed by atoms with E-state index in [1.54, 1.807) is 0 Å². The molecule has 2 rings (SSSR count). The number of hydrogen-bond donors (Lipinski definition) is 0. The molecule has 0 atom stereocenters. The first-order valence-electron chi connectivity index (χ1n) is 11.0. The van der Waals surface area contributed by atoms with Gasteiger partial charge in [-0.05, 0) is 44.4 Å². The highest BCUT2D eigenvalue weighted by Crippen LogP contribution is 2.30. The van der Waals surface area contributed by atoms with Crippen LogP contribution >= 0.6 is 0 Å². The Labute approximate surface area is 160 Å². The number of esters is 1. The average molecular weight is 366 g/mol. The normalized spacial score (nSPS) is 19.5. The molecule has 2 aliphatic rings. The standard InChI is InChI=1S/C22H39NO3/c1-18(2)10-9-17-26-22(25)16-15-21(24)23(19-11-5-3-6-12-19)20-13-7-4-8-14-20/h18-20H,3-17H2,1-2H3. The lowest BCUT2D eigenvalue weighted by Gasteiger charge is -2.42. The van der Waals surface area contributed by atoms with Gasteiger partial charge in [0.25, 0.3) is 0 Å². The minimum Gasteiger partial charge on any atom is -0.466 e. The van der Waals surface area contributed by atoms with E-state index in [9.17, 15) is 9.59 Å². The van der Waals surface area contributed by atoms with E-state index in [2.05, 4.69) is 18.7 Å². The average Bonchev–Trinajstić information content (AvgIpc) is 2.65. The number of hydrogen-bond acceptors (Lipinski definition) is 3. The van der Waals surface area contributed by atoms with Gasteiger partial charge in [0.1, 0.15) is 0 Å². The van der Waals surface area contributed by atoms with E-state index < -0.39 is 0 Å². The van der Waals surface area contributed by atoms with Gasteiger partial charge in [0.2, 0.25) is 5.91 Å². The fraction of sp³-hybridized carbons (Fsp3) is 0.909. The van der Waals surface area contributed by atoms with Crippen molar-refractivity contribution in [1.29, 1.82) is 0 Å². The Morgan fingerprint density at radius 2 is 1.42 bits per heavy atom. The van der Waals surface area contributed by atoms with E-state index in [0.29, 0.717) is 31.0 Å².